The Morgan fingerprint density at radius 2 is 2.00 bits per heavy atom. The molecule has 7 heteroatoms. The number of para-hydroxylation sites is 1. The Morgan fingerprint density at radius 1 is 1.20 bits per heavy atom. The molecular formula is C13H8Cl2N2OS2. The van der Waals surface area contributed by atoms with Gasteiger partial charge in [0.1, 0.15) is 0 Å². The van der Waals surface area contributed by atoms with E-state index in [0.29, 0.717) is 19.0 Å². The summed E-state index contributed by atoms with van der Waals surface area (Å²) in [7, 11) is 1.85. The fraction of sp³-hybridized carbons (Fsp3) is 0.0769. The molecular weight excluding hydrogens is 335 g/mol. The van der Waals surface area contributed by atoms with Crippen LogP contribution in [0.2, 0.25) is 9.36 Å². The Morgan fingerprint density at radius 3 is 2.65 bits per heavy atom. The molecule has 1 amide bonds. The summed E-state index contributed by atoms with van der Waals surface area (Å²) in [5, 5.41) is 0.648. The van der Waals surface area contributed by atoms with Crippen molar-refractivity contribution in [3.63, 3.8) is 0 Å². The van der Waals surface area contributed by atoms with Crippen LogP contribution in [0.15, 0.2) is 35.3 Å². The fourth-order valence-corrected chi connectivity index (χ4v) is 4.16. The van der Waals surface area contributed by atoms with E-state index in [-0.39, 0.29) is 5.91 Å². The van der Waals surface area contributed by atoms with Gasteiger partial charge in [-0.05, 0) is 24.3 Å². The summed E-state index contributed by atoms with van der Waals surface area (Å²) in [6.07, 6.45) is 0. The number of carbonyl (C=O) groups is 1. The second-order valence-electron chi connectivity index (χ2n) is 4.05. The van der Waals surface area contributed by atoms with Gasteiger partial charge in [0.05, 0.1) is 24.5 Å². The number of benzene rings is 1. The maximum absolute atomic E-state index is 12.1. The molecule has 0 bridgehead atoms. The zero-order chi connectivity index (χ0) is 14.3. The van der Waals surface area contributed by atoms with E-state index in [1.54, 1.807) is 12.1 Å². The number of carbonyl (C=O) groups excluding carboxylic acids is 1. The van der Waals surface area contributed by atoms with Crippen LogP contribution in [0.1, 0.15) is 9.67 Å². The van der Waals surface area contributed by atoms with Gasteiger partial charge in [0.2, 0.25) is 0 Å². The van der Waals surface area contributed by atoms with Crippen LogP contribution in [0, 0.1) is 0 Å². The zero-order valence-electron chi connectivity index (χ0n) is 10.3. The highest BCUT2D eigenvalue weighted by atomic mass is 35.5. The molecule has 0 saturated carbocycles. The first kappa shape index (κ1) is 13.8. The summed E-state index contributed by atoms with van der Waals surface area (Å²) in [5.41, 5.74) is 0.884. The number of hydrogen-bond acceptors (Lipinski definition) is 3. The van der Waals surface area contributed by atoms with Gasteiger partial charge in [-0.25, -0.2) is 0 Å². The van der Waals surface area contributed by atoms with Crippen LogP contribution < -0.4 is 4.80 Å². The van der Waals surface area contributed by atoms with Crippen LogP contribution in [0.4, 0.5) is 0 Å². The van der Waals surface area contributed by atoms with Crippen molar-refractivity contribution in [3.05, 3.63) is 49.4 Å². The van der Waals surface area contributed by atoms with Crippen molar-refractivity contribution in [1.82, 2.24) is 4.57 Å². The lowest BCUT2D eigenvalue weighted by Crippen LogP contribution is -2.12. The summed E-state index contributed by atoms with van der Waals surface area (Å²) in [6, 6.07) is 9.03. The normalized spacial score (nSPS) is 12.2. The summed E-state index contributed by atoms with van der Waals surface area (Å²) in [6.45, 7) is 0. The van der Waals surface area contributed by atoms with Crippen LogP contribution >= 0.6 is 45.9 Å². The molecule has 0 aliphatic heterocycles. The summed E-state index contributed by atoms with van der Waals surface area (Å²) in [5.74, 6) is -0.292. The van der Waals surface area contributed by atoms with Crippen molar-refractivity contribution in [3.8, 4) is 0 Å². The third-order valence-electron chi connectivity index (χ3n) is 2.75. The minimum absolute atomic E-state index is 0.292. The first-order valence-electron chi connectivity index (χ1n) is 5.64. The Kier molecular flexibility index (Phi) is 3.69. The first-order chi connectivity index (χ1) is 9.56. The second kappa shape index (κ2) is 5.33. The molecule has 0 aliphatic rings. The number of halogens is 2. The third-order valence-corrected chi connectivity index (χ3v) is 5.38. The van der Waals surface area contributed by atoms with E-state index < -0.39 is 0 Å². The van der Waals surface area contributed by atoms with E-state index in [4.69, 9.17) is 23.2 Å². The lowest BCUT2D eigenvalue weighted by Gasteiger charge is -1.97. The average Bonchev–Trinajstić information content (AvgIpc) is 2.96. The maximum Gasteiger partial charge on any atom is 0.289 e. The Labute approximate surface area is 132 Å². The number of aryl methyl sites for hydroxylation is 1. The van der Waals surface area contributed by atoms with Gasteiger partial charge in [-0.1, -0.05) is 40.6 Å². The van der Waals surface area contributed by atoms with E-state index in [1.807, 2.05) is 29.8 Å². The summed E-state index contributed by atoms with van der Waals surface area (Å²) in [4.78, 5) is 17.4. The third kappa shape index (κ3) is 2.42. The predicted molar refractivity (Wildman–Crippen MR) is 85.0 cm³/mol. The molecule has 20 heavy (non-hydrogen) atoms. The molecule has 0 aliphatic carbocycles. The Balaban J connectivity index is 2.15. The monoisotopic (exact) mass is 342 g/mol. The van der Waals surface area contributed by atoms with Gasteiger partial charge in [0, 0.05) is 7.05 Å². The standard InChI is InChI=1S/C13H8Cl2N2OS2/c1-17-11-7(14)3-2-4-8(11)20-13(17)16-12(18)9-5-6-10(15)19-9/h2-6H,1H3. The second-order valence-corrected chi connectivity index (χ2v) is 7.18. The van der Waals surface area contributed by atoms with E-state index in [1.165, 1.54) is 22.7 Å². The zero-order valence-corrected chi connectivity index (χ0v) is 13.4. The highest BCUT2D eigenvalue weighted by Gasteiger charge is 2.10. The number of hydrogen-bond donors (Lipinski definition) is 0. The van der Waals surface area contributed by atoms with Crippen molar-refractivity contribution in [2.45, 2.75) is 0 Å². The van der Waals surface area contributed by atoms with E-state index in [2.05, 4.69) is 4.99 Å². The molecule has 3 nitrogen and oxygen atoms in total. The average molecular weight is 343 g/mol. The predicted octanol–water partition coefficient (Wildman–Crippen LogP) is 4.35. The molecule has 0 saturated heterocycles. The lowest BCUT2D eigenvalue weighted by molar-refractivity contribution is 0.100. The van der Waals surface area contributed by atoms with Crippen molar-refractivity contribution in [2.75, 3.05) is 0 Å². The SMILES string of the molecule is Cn1c(=NC(=O)c2ccc(Cl)s2)sc2cccc(Cl)c21. The van der Waals surface area contributed by atoms with Crippen LogP contribution in [0.5, 0.6) is 0 Å². The van der Waals surface area contributed by atoms with Crippen LogP contribution in [-0.4, -0.2) is 10.5 Å². The number of aromatic nitrogens is 1. The van der Waals surface area contributed by atoms with Gasteiger partial charge in [-0.3, -0.25) is 4.79 Å². The Bertz CT molecular complexity index is 876. The maximum atomic E-state index is 12.1. The highest BCUT2D eigenvalue weighted by molar-refractivity contribution is 7.18. The molecule has 1 aromatic carbocycles. The van der Waals surface area contributed by atoms with Gasteiger partial charge in [0.25, 0.3) is 5.91 Å². The molecule has 3 aromatic rings. The van der Waals surface area contributed by atoms with Gasteiger partial charge in [-0.2, -0.15) is 4.99 Å². The molecule has 102 valence electrons. The van der Waals surface area contributed by atoms with Crippen LogP contribution in [0.3, 0.4) is 0 Å². The lowest BCUT2D eigenvalue weighted by atomic mass is 10.3. The van der Waals surface area contributed by atoms with Crippen LogP contribution in [-0.2, 0) is 7.05 Å². The molecule has 0 atom stereocenters. The number of thiazole rings is 1. The van der Waals surface area contributed by atoms with Gasteiger partial charge in [-0.15, -0.1) is 11.3 Å². The number of rotatable bonds is 1. The van der Waals surface area contributed by atoms with Gasteiger partial charge < -0.3 is 4.57 Å². The topological polar surface area (TPSA) is 34.4 Å². The van der Waals surface area contributed by atoms with E-state index >= 15 is 0 Å². The molecule has 0 N–H and O–H groups in total. The summed E-state index contributed by atoms with van der Waals surface area (Å²) < 4.78 is 3.40. The molecule has 0 unspecified atom stereocenters. The van der Waals surface area contributed by atoms with Gasteiger partial charge >= 0.3 is 0 Å². The van der Waals surface area contributed by atoms with E-state index in [9.17, 15) is 4.79 Å². The number of amides is 1. The van der Waals surface area contributed by atoms with Crippen molar-refractivity contribution < 1.29 is 4.79 Å². The molecule has 0 radical (unpaired) electrons. The number of fused-ring (bicyclic) bond motifs is 1. The fourth-order valence-electron chi connectivity index (χ4n) is 1.83. The largest absolute Gasteiger partial charge is 0.318 e. The van der Waals surface area contributed by atoms with Crippen LogP contribution in [0.25, 0.3) is 10.2 Å². The van der Waals surface area contributed by atoms with Gasteiger partial charge in [0.15, 0.2) is 4.80 Å². The quantitative estimate of drug-likeness (QED) is 0.647. The first-order valence-corrected chi connectivity index (χ1v) is 8.03. The molecule has 0 spiro atoms. The Hall–Kier alpha value is -1.14. The summed E-state index contributed by atoms with van der Waals surface area (Å²) >= 11 is 14.7. The minimum Gasteiger partial charge on any atom is -0.318 e. The highest BCUT2D eigenvalue weighted by Crippen LogP contribution is 2.25. The van der Waals surface area contributed by atoms with Crippen molar-refractivity contribution in [1.29, 1.82) is 0 Å². The molecule has 3 rings (SSSR count). The molecule has 2 heterocycles. The van der Waals surface area contributed by atoms with E-state index in [0.717, 1.165) is 10.2 Å². The van der Waals surface area contributed by atoms with Crippen molar-refractivity contribution >= 4 is 62.0 Å². The smallest absolute Gasteiger partial charge is 0.289 e. The van der Waals surface area contributed by atoms with Crippen molar-refractivity contribution in [2.24, 2.45) is 12.0 Å². The molecule has 2 aromatic heterocycles. The number of thiophene rings is 1. The molecule has 0 fully saturated rings. The minimum atomic E-state index is -0.292. The number of nitrogens with zero attached hydrogens (tertiary/aromatic N) is 2.